The van der Waals surface area contributed by atoms with Gasteiger partial charge in [-0.1, -0.05) is 38.3 Å². The Bertz CT molecular complexity index is 669. The normalized spacial score (nSPS) is 14.6. The summed E-state index contributed by atoms with van der Waals surface area (Å²) in [6.45, 7) is 10.2. The topological polar surface area (TPSA) is 27.6 Å². The molecule has 0 aromatic heterocycles. The fourth-order valence-corrected chi connectivity index (χ4v) is 2.45. The highest BCUT2D eigenvalue weighted by Gasteiger charge is 2.14. The predicted octanol–water partition coefficient (Wildman–Crippen LogP) is 5.03. The van der Waals surface area contributed by atoms with Crippen LogP contribution in [-0.2, 0) is 0 Å². The molecule has 0 radical (unpaired) electrons. The smallest absolute Gasteiger partial charge is 0.130 e. The first-order valence-corrected chi connectivity index (χ1v) is 8.16. The van der Waals surface area contributed by atoms with Gasteiger partial charge in [-0.05, 0) is 37.1 Å². The lowest BCUT2D eigenvalue weighted by atomic mass is 10.1. The first-order valence-electron chi connectivity index (χ1n) is 8.16. The molecule has 1 aliphatic rings. The van der Waals surface area contributed by atoms with Gasteiger partial charge in [0.25, 0.3) is 0 Å². The molecule has 1 N–H and O–H groups in total. The minimum absolute atomic E-state index is 0.300. The van der Waals surface area contributed by atoms with Gasteiger partial charge in [-0.15, -0.1) is 0 Å². The van der Waals surface area contributed by atoms with Crippen molar-refractivity contribution in [2.75, 3.05) is 18.5 Å². The third kappa shape index (κ3) is 4.44. The van der Waals surface area contributed by atoms with Gasteiger partial charge in [-0.25, -0.2) is 4.99 Å². The fraction of sp³-hybridized carbons (Fsp3) is 0.250. The molecule has 0 saturated carbocycles. The van der Waals surface area contributed by atoms with E-state index < -0.39 is 0 Å². The van der Waals surface area contributed by atoms with E-state index in [1.165, 1.54) is 0 Å². The number of anilines is 1. The second-order valence-electron chi connectivity index (χ2n) is 5.39. The molecule has 0 amide bonds. The molecule has 0 aliphatic carbocycles. The van der Waals surface area contributed by atoms with Crippen molar-refractivity contribution < 1.29 is 4.39 Å². The Morgan fingerprint density at radius 2 is 2.08 bits per heavy atom. The lowest BCUT2D eigenvalue weighted by molar-refractivity contribution is 0.481. The van der Waals surface area contributed by atoms with Crippen molar-refractivity contribution in [3.05, 3.63) is 78.9 Å². The largest absolute Gasteiger partial charge is 0.385 e. The number of halogens is 1. The summed E-state index contributed by atoms with van der Waals surface area (Å²) in [6, 6.07) is 7.97. The molecule has 1 heterocycles. The summed E-state index contributed by atoms with van der Waals surface area (Å²) in [7, 11) is 0. The Kier molecular flexibility index (Phi) is 6.55. The molecule has 24 heavy (non-hydrogen) atoms. The Hall–Kier alpha value is -2.62. The van der Waals surface area contributed by atoms with Gasteiger partial charge in [-0.3, -0.25) is 4.39 Å². The maximum absolute atomic E-state index is 12.1. The highest BCUT2D eigenvalue weighted by molar-refractivity contribution is 6.09. The van der Waals surface area contributed by atoms with E-state index in [4.69, 9.17) is 0 Å². The number of aliphatic imine (C=N–C) groups is 1. The third-order valence-corrected chi connectivity index (χ3v) is 3.71. The van der Waals surface area contributed by atoms with E-state index in [0.29, 0.717) is 18.8 Å². The minimum atomic E-state index is -0.300. The summed E-state index contributed by atoms with van der Waals surface area (Å²) in [6.07, 6.45) is 9.09. The van der Waals surface area contributed by atoms with Crippen molar-refractivity contribution in [3.63, 3.8) is 0 Å². The number of allylic oxidation sites excluding steroid dienone is 4. The number of rotatable bonds is 8. The lowest BCUT2D eigenvalue weighted by Crippen LogP contribution is -2.19. The molecule has 3 nitrogen and oxygen atoms in total. The molecule has 1 aliphatic heterocycles. The molecule has 2 rings (SSSR count). The molecule has 1 aromatic carbocycles. The SMILES string of the molecule is C=CC=C(CC)N1C=CC(c2ccc(NCCCF)cc2)=NC1=C. The van der Waals surface area contributed by atoms with Gasteiger partial charge < -0.3 is 10.2 Å². The van der Waals surface area contributed by atoms with Crippen molar-refractivity contribution in [3.8, 4) is 0 Å². The van der Waals surface area contributed by atoms with Crippen molar-refractivity contribution in [1.82, 2.24) is 4.90 Å². The van der Waals surface area contributed by atoms with Crippen molar-refractivity contribution in [2.45, 2.75) is 19.8 Å². The second-order valence-corrected chi connectivity index (χ2v) is 5.39. The van der Waals surface area contributed by atoms with Gasteiger partial charge >= 0.3 is 0 Å². The van der Waals surface area contributed by atoms with Gasteiger partial charge in [0.15, 0.2) is 0 Å². The van der Waals surface area contributed by atoms with Gasteiger partial charge in [0.1, 0.15) is 5.82 Å². The lowest BCUT2D eigenvalue weighted by Gasteiger charge is -2.25. The molecule has 4 heteroatoms. The number of hydrogen-bond donors (Lipinski definition) is 1. The Morgan fingerprint density at radius 3 is 2.67 bits per heavy atom. The Labute approximate surface area is 143 Å². The zero-order chi connectivity index (χ0) is 17.4. The first kappa shape index (κ1) is 17.7. The molecule has 0 bridgehead atoms. The van der Waals surface area contributed by atoms with E-state index >= 15 is 0 Å². The van der Waals surface area contributed by atoms with Crippen LogP contribution in [0, 0.1) is 0 Å². The van der Waals surface area contributed by atoms with Crippen LogP contribution in [0.3, 0.4) is 0 Å². The monoisotopic (exact) mass is 325 g/mol. The fourth-order valence-electron chi connectivity index (χ4n) is 2.45. The summed E-state index contributed by atoms with van der Waals surface area (Å²) < 4.78 is 12.1. The van der Waals surface area contributed by atoms with Crippen molar-refractivity contribution >= 4 is 11.4 Å². The van der Waals surface area contributed by atoms with Crippen molar-refractivity contribution in [2.24, 2.45) is 4.99 Å². The van der Waals surface area contributed by atoms with Gasteiger partial charge in [0.05, 0.1) is 12.4 Å². The van der Waals surface area contributed by atoms with Crippen LogP contribution in [-0.4, -0.2) is 23.8 Å². The minimum Gasteiger partial charge on any atom is -0.385 e. The maximum atomic E-state index is 12.1. The second kappa shape index (κ2) is 8.87. The molecule has 126 valence electrons. The zero-order valence-corrected chi connectivity index (χ0v) is 14.1. The molecule has 0 fully saturated rings. The molecule has 0 saturated heterocycles. The van der Waals surface area contributed by atoms with Crippen molar-refractivity contribution in [1.29, 1.82) is 0 Å². The quantitative estimate of drug-likeness (QED) is 0.536. The molecule has 0 spiro atoms. The van der Waals surface area contributed by atoms with Crippen LogP contribution < -0.4 is 5.32 Å². The standard InChI is InChI=1S/C20H24FN3/c1-4-7-19(5-2)24-15-12-20(23-16(24)3)17-8-10-18(11-9-17)22-14-6-13-21/h4,7-12,15,22H,1,3,5-6,13-14H2,2H3. The molecule has 0 atom stereocenters. The van der Waals surface area contributed by atoms with Gasteiger partial charge in [0.2, 0.25) is 0 Å². The zero-order valence-electron chi connectivity index (χ0n) is 14.1. The van der Waals surface area contributed by atoms with Gasteiger partial charge in [0, 0.05) is 29.7 Å². The Morgan fingerprint density at radius 1 is 1.33 bits per heavy atom. The summed E-state index contributed by atoms with van der Waals surface area (Å²) >= 11 is 0. The Balaban J connectivity index is 2.09. The van der Waals surface area contributed by atoms with E-state index in [9.17, 15) is 4.39 Å². The first-order chi connectivity index (χ1) is 11.7. The average molecular weight is 325 g/mol. The molecular formula is C20H24FN3. The van der Waals surface area contributed by atoms with Crippen LogP contribution in [0.25, 0.3) is 0 Å². The summed E-state index contributed by atoms with van der Waals surface area (Å²) in [4.78, 5) is 6.58. The summed E-state index contributed by atoms with van der Waals surface area (Å²) in [5, 5.41) is 3.19. The third-order valence-electron chi connectivity index (χ3n) is 3.71. The van der Waals surface area contributed by atoms with Crippen LogP contribution in [0.2, 0.25) is 0 Å². The molecule has 1 aromatic rings. The van der Waals surface area contributed by atoms with Crippen LogP contribution in [0.1, 0.15) is 25.3 Å². The number of alkyl halides is 1. The van der Waals surface area contributed by atoms with Gasteiger partial charge in [-0.2, -0.15) is 0 Å². The maximum Gasteiger partial charge on any atom is 0.130 e. The summed E-state index contributed by atoms with van der Waals surface area (Å²) in [5.74, 6) is 0.688. The predicted molar refractivity (Wildman–Crippen MR) is 101 cm³/mol. The van der Waals surface area contributed by atoms with Crippen LogP contribution >= 0.6 is 0 Å². The van der Waals surface area contributed by atoms with E-state index in [0.717, 1.165) is 29.1 Å². The highest BCUT2D eigenvalue weighted by Crippen LogP contribution is 2.22. The number of hydrogen-bond acceptors (Lipinski definition) is 3. The van der Waals surface area contributed by atoms with E-state index in [2.05, 4.69) is 30.4 Å². The summed E-state index contributed by atoms with van der Waals surface area (Å²) in [5.41, 5.74) is 3.98. The average Bonchev–Trinajstić information content (AvgIpc) is 2.61. The molecule has 0 unspecified atom stereocenters. The number of nitrogens with one attached hydrogen (secondary N) is 1. The van der Waals surface area contributed by atoms with Crippen LogP contribution in [0.15, 0.2) is 78.4 Å². The number of nitrogens with zero attached hydrogens (tertiary/aromatic N) is 2. The van der Waals surface area contributed by atoms with E-state index in [-0.39, 0.29) is 6.67 Å². The molecular weight excluding hydrogens is 301 g/mol. The van der Waals surface area contributed by atoms with E-state index in [1.807, 2.05) is 47.5 Å². The van der Waals surface area contributed by atoms with Crippen LogP contribution in [0.5, 0.6) is 0 Å². The highest BCUT2D eigenvalue weighted by atomic mass is 19.1. The van der Waals surface area contributed by atoms with Crippen LogP contribution in [0.4, 0.5) is 10.1 Å². The van der Waals surface area contributed by atoms with E-state index in [1.54, 1.807) is 6.08 Å². The number of benzene rings is 1.